The lowest BCUT2D eigenvalue weighted by Crippen LogP contribution is -2.42. The van der Waals surface area contributed by atoms with Crippen molar-refractivity contribution in [2.75, 3.05) is 18.1 Å². The zero-order valence-electron chi connectivity index (χ0n) is 11.6. The Labute approximate surface area is 121 Å². The van der Waals surface area contributed by atoms with E-state index in [0.717, 1.165) is 31.4 Å². The maximum atomic E-state index is 14.3. The molecule has 0 radical (unpaired) electrons. The normalized spacial score (nSPS) is 15.9. The fourth-order valence-electron chi connectivity index (χ4n) is 2.46. The summed E-state index contributed by atoms with van der Waals surface area (Å²) in [6.07, 6.45) is 3.24. The van der Waals surface area contributed by atoms with E-state index in [1.165, 1.54) is 0 Å². The summed E-state index contributed by atoms with van der Waals surface area (Å²) in [7, 11) is 0. The first kappa shape index (κ1) is 15.5. The van der Waals surface area contributed by atoms with Crippen LogP contribution in [0.3, 0.4) is 0 Å². The number of amidine groups is 1. The first-order valence-corrected chi connectivity index (χ1v) is 6.93. The summed E-state index contributed by atoms with van der Waals surface area (Å²) >= 11 is 0. The highest BCUT2D eigenvalue weighted by atomic mass is 19.1. The molecule has 7 heteroatoms. The van der Waals surface area contributed by atoms with Crippen molar-refractivity contribution >= 4 is 11.5 Å². The molecular weight excluding hydrogens is 280 g/mol. The van der Waals surface area contributed by atoms with Gasteiger partial charge in [-0.25, -0.2) is 8.78 Å². The van der Waals surface area contributed by atoms with E-state index in [0.29, 0.717) is 13.0 Å². The molecule has 0 bridgehead atoms. The second-order valence-electron chi connectivity index (χ2n) is 5.13. The summed E-state index contributed by atoms with van der Waals surface area (Å²) in [5, 5.41) is 20.3. The van der Waals surface area contributed by atoms with Gasteiger partial charge in [0.05, 0.1) is 0 Å². The molecule has 0 heterocycles. The largest absolute Gasteiger partial charge is 0.409 e. The second kappa shape index (κ2) is 6.71. The second-order valence-corrected chi connectivity index (χ2v) is 5.13. The molecule has 1 aromatic rings. The highest BCUT2D eigenvalue weighted by molar-refractivity contribution is 5.97. The molecule has 1 aliphatic rings. The van der Waals surface area contributed by atoms with Gasteiger partial charge in [-0.2, -0.15) is 0 Å². The van der Waals surface area contributed by atoms with E-state index < -0.39 is 11.6 Å². The third kappa shape index (κ3) is 3.24. The number of hydrogen-bond acceptors (Lipinski definition) is 4. The van der Waals surface area contributed by atoms with E-state index in [-0.39, 0.29) is 29.7 Å². The molecule has 1 saturated carbocycles. The first-order chi connectivity index (χ1) is 10.1. The number of anilines is 1. The monoisotopic (exact) mass is 299 g/mol. The Morgan fingerprint density at radius 2 is 1.95 bits per heavy atom. The number of benzene rings is 1. The Kier molecular flexibility index (Phi) is 4.95. The smallest absolute Gasteiger partial charge is 0.170 e. The van der Waals surface area contributed by atoms with Gasteiger partial charge in [0, 0.05) is 24.8 Å². The predicted octanol–water partition coefficient (Wildman–Crippen LogP) is 1.80. The summed E-state index contributed by atoms with van der Waals surface area (Å²) in [5.74, 6) is -1.84. The minimum Gasteiger partial charge on any atom is -0.409 e. The zero-order valence-corrected chi connectivity index (χ0v) is 11.6. The molecule has 4 N–H and O–H groups in total. The van der Waals surface area contributed by atoms with E-state index in [1.54, 1.807) is 4.90 Å². The van der Waals surface area contributed by atoms with E-state index >= 15 is 0 Å². The summed E-state index contributed by atoms with van der Waals surface area (Å²) < 4.78 is 28.5. The molecule has 0 aromatic heterocycles. The number of halogens is 2. The molecule has 5 nitrogen and oxygen atoms in total. The zero-order chi connectivity index (χ0) is 15.4. The lowest BCUT2D eigenvalue weighted by atomic mass is 9.90. The van der Waals surface area contributed by atoms with Crippen molar-refractivity contribution in [3.63, 3.8) is 0 Å². The summed E-state index contributed by atoms with van der Waals surface area (Å²) in [5.41, 5.74) is 5.24. The number of nitrogens with zero attached hydrogens (tertiary/aromatic N) is 2. The maximum absolute atomic E-state index is 14.3. The Morgan fingerprint density at radius 3 is 2.38 bits per heavy atom. The number of hydrogen-bond donors (Lipinski definition) is 3. The van der Waals surface area contributed by atoms with Crippen molar-refractivity contribution in [2.24, 2.45) is 10.9 Å². The van der Waals surface area contributed by atoms with Crippen molar-refractivity contribution in [1.82, 2.24) is 0 Å². The van der Waals surface area contributed by atoms with E-state index in [4.69, 9.17) is 16.0 Å². The van der Waals surface area contributed by atoms with Crippen molar-refractivity contribution in [1.29, 1.82) is 0 Å². The number of aliphatic hydroxyl groups excluding tert-OH is 1. The molecular formula is C14H19F2N3O2. The van der Waals surface area contributed by atoms with Crippen LogP contribution in [0.4, 0.5) is 14.5 Å². The fraction of sp³-hybridized carbons (Fsp3) is 0.500. The quantitative estimate of drug-likeness (QED) is 0.324. The molecule has 1 aromatic carbocycles. The van der Waals surface area contributed by atoms with Gasteiger partial charge >= 0.3 is 0 Å². The number of rotatable bonds is 6. The van der Waals surface area contributed by atoms with Gasteiger partial charge in [-0.15, -0.1) is 0 Å². The van der Waals surface area contributed by atoms with Gasteiger partial charge in [-0.3, -0.25) is 0 Å². The lowest BCUT2D eigenvalue weighted by molar-refractivity contribution is 0.282. The van der Waals surface area contributed by atoms with E-state index in [9.17, 15) is 8.78 Å². The minimum atomic E-state index is -0.749. The van der Waals surface area contributed by atoms with Crippen LogP contribution in [-0.2, 0) is 0 Å². The number of oxime groups is 1. The molecule has 1 aliphatic carbocycles. The highest BCUT2D eigenvalue weighted by Crippen LogP contribution is 2.33. The van der Waals surface area contributed by atoms with Crippen LogP contribution in [0, 0.1) is 11.6 Å². The molecule has 0 amide bonds. The maximum Gasteiger partial charge on any atom is 0.170 e. The van der Waals surface area contributed by atoms with Crippen LogP contribution in [0.5, 0.6) is 0 Å². The van der Waals surface area contributed by atoms with E-state index in [1.807, 2.05) is 0 Å². The summed E-state index contributed by atoms with van der Waals surface area (Å²) in [6.45, 7) is 0.354. The molecule has 0 saturated heterocycles. The Balaban J connectivity index is 2.35. The predicted molar refractivity (Wildman–Crippen MR) is 75.6 cm³/mol. The molecule has 116 valence electrons. The van der Waals surface area contributed by atoms with Gasteiger partial charge in [0.1, 0.15) is 17.3 Å². The van der Waals surface area contributed by atoms with Crippen molar-refractivity contribution in [3.8, 4) is 0 Å². The Hall–Kier alpha value is -1.89. The molecule has 2 rings (SSSR count). The van der Waals surface area contributed by atoms with Gasteiger partial charge in [-0.05, 0) is 37.8 Å². The fourth-order valence-corrected chi connectivity index (χ4v) is 2.46. The molecule has 0 aliphatic heterocycles. The lowest BCUT2D eigenvalue weighted by Gasteiger charge is -2.39. The standard InChI is InChI=1S/C14H19F2N3O2/c15-11-7-9(14(17)18-21)8-12(16)13(11)19(5-2-6-20)10-3-1-4-10/h7-8,10,20-21H,1-6H2,(H2,17,18). The van der Waals surface area contributed by atoms with Gasteiger partial charge in [0.15, 0.2) is 5.84 Å². The van der Waals surface area contributed by atoms with E-state index in [2.05, 4.69) is 5.16 Å². The summed E-state index contributed by atoms with van der Waals surface area (Å²) in [6, 6.07) is 2.20. The average Bonchev–Trinajstić information content (AvgIpc) is 2.40. The van der Waals surface area contributed by atoms with Crippen molar-refractivity contribution in [2.45, 2.75) is 31.7 Å². The molecule has 0 atom stereocenters. The first-order valence-electron chi connectivity index (χ1n) is 6.93. The third-order valence-corrected chi connectivity index (χ3v) is 3.78. The number of aliphatic hydroxyl groups is 1. The highest BCUT2D eigenvalue weighted by Gasteiger charge is 2.29. The van der Waals surface area contributed by atoms with Crippen LogP contribution in [-0.4, -0.2) is 35.3 Å². The van der Waals surface area contributed by atoms with Crippen molar-refractivity contribution < 1.29 is 19.1 Å². The van der Waals surface area contributed by atoms with Crippen LogP contribution < -0.4 is 10.6 Å². The van der Waals surface area contributed by atoms with Gasteiger partial charge in [0.2, 0.25) is 0 Å². The van der Waals surface area contributed by atoms with Gasteiger partial charge in [0.25, 0.3) is 0 Å². The van der Waals surface area contributed by atoms with Crippen LogP contribution in [0.1, 0.15) is 31.2 Å². The van der Waals surface area contributed by atoms with Crippen molar-refractivity contribution in [3.05, 3.63) is 29.3 Å². The van der Waals surface area contributed by atoms with Crippen LogP contribution >= 0.6 is 0 Å². The third-order valence-electron chi connectivity index (χ3n) is 3.78. The average molecular weight is 299 g/mol. The summed E-state index contributed by atoms with van der Waals surface area (Å²) in [4.78, 5) is 1.67. The SMILES string of the molecule is N/C(=N/O)c1cc(F)c(N(CCCO)C2CCC2)c(F)c1. The molecule has 0 spiro atoms. The minimum absolute atomic E-state index is 0.00744. The van der Waals surface area contributed by atoms with Gasteiger partial charge in [-0.1, -0.05) is 5.16 Å². The number of nitrogens with two attached hydrogens (primary N) is 1. The van der Waals surface area contributed by atoms with Crippen LogP contribution in [0.2, 0.25) is 0 Å². The van der Waals surface area contributed by atoms with Gasteiger partial charge < -0.3 is 20.9 Å². The molecule has 21 heavy (non-hydrogen) atoms. The van der Waals surface area contributed by atoms with Crippen LogP contribution in [0.15, 0.2) is 17.3 Å². The Bertz CT molecular complexity index is 510. The topological polar surface area (TPSA) is 82.1 Å². The molecule has 1 fully saturated rings. The Morgan fingerprint density at radius 1 is 1.33 bits per heavy atom. The van der Waals surface area contributed by atoms with Crippen LogP contribution in [0.25, 0.3) is 0 Å². The molecule has 0 unspecified atom stereocenters.